The van der Waals surface area contributed by atoms with Crippen LogP contribution in [0.2, 0.25) is 0 Å². The molecule has 1 aromatic heterocycles. The quantitative estimate of drug-likeness (QED) is 0.903. The van der Waals surface area contributed by atoms with Crippen molar-refractivity contribution in [1.82, 2.24) is 4.98 Å². The van der Waals surface area contributed by atoms with Crippen molar-refractivity contribution in [3.05, 3.63) is 47.2 Å². The second-order valence-corrected chi connectivity index (χ2v) is 5.18. The Bertz CT molecular complexity index is 664. The van der Waals surface area contributed by atoms with Gasteiger partial charge in [-0.05, 0) is 49.7 Å². The molecule has 0 amide bonds. The maximum absolute atomic E-state index is 11.4. The fraction of sp³-hybridized carbons (Fsp3) is 0.250. The van der Waals surface area contributed by atoms with Crippen LogP contribution in [0, 0.1) is 13.8 Å². The number of hydrogen-bond acceptors (Lipinski definition) is 4. The highest BCUT2D eigenvalue weighted by Crippen LogP contribution is 2.24. The molecule has 1 heterocycles. The molecular formula is C16H19N3O2. The molecule has 0 saturated carbocycles. The number of rotatable bonds is 4. The van der Waals surface area contributed by atoms with Crippen molar-refractivity contribution in [3.8, 4) is 0 Å². The molecule has 0 radical (unpaired) electrons. The molecule has 0 atom stereocenters. The molecule has 0 saturated heterocycles. The number of aromatic nitrogens is 1. The molecule has 0 spiro atoms. The third-order valence-corrected chi connectivity index (χ3v) is 3.20. The lowest BCUT2D eigenvalue weighted by Crippen LogP contribution is -2.09. The highest BCUT2D eigenvalue weighted by Gasteiger charge is 2.15. The number of carboxylic acid groups (broad SMARTS) is 1. The standard InChI is InChI=1S/C16H19N3O2/c1-10-9-11(2)17-15(14(10)16(20)21)18-12-5-7-13(8-6-12)19(3)4/h5-9H,1-4H3,(H,17,18)(H,20,21). The number of anilines is 3. The summed E-state index contributed by atoms with van der Waals surface area (Å²) in [4.78, 5) is 17.7. The fourth-order valence-corrected chi connectivity index (χ4v) is 2.18. The summed E-state index contributed by atoms with van der Waals surface area (Å²) in [5, 5.41) is 12.4. The van der Waals surface area contributed by atoms with E-state index in [2.05, 4.69) is 10.3 Å². The number of aromatic carboxylic acids is 1. The van der Waals surface area contributed by atoms with Gasteiger partial charge in [0.2, 0.25) is 0 Å². The Kier molecular flexibility index (Phi) is 4.12. The van der Waals surface area contributed by atoms with E-state index in [-0.39, 0.29) is 5.56 Å². The lowest BCUT2D eigenvalue weighted by atomic mass is 10.1. The minimum atomic E-state index is -0.979. The summed E-state index contributed by atoms with van der Waals surface area (Å²) in [5.74, 6) is -0.606. The monoisotopic (exact) mass is 285 g/mol. The molecule has 0 aliphatic carbocycles. The normalized spacial score (nSPS) is 10.3. The molecule has 5 heteroatoms. The SMILES string of the molecule is Cc1cc(C)c(C(=O)O)c(Nc2ccc(N(C)C)cc2)n1. The van der Waals surface area contributed by atoms with Crippen molar-refractivity contribution in [3.63, 3.8) is 0 Å². The van der Waals surface area contributed by atoms with Gasteiger partial charge >= 0.3 is 5.97 Å². The number of nitrogens with one attached hydrogen (secondary N) is 1. The molecule has 2 N–H and O–H groups in total. The molecule has 0 bridgehead atoms. The average Bonchev–Trinajstić information content (AvgIpc) is 2.37. The van der Waals surface area contributed by atoms with Crippen LogP contribution in [0.5, 0.6) is 0 Å². The molecular weight excluding hydrogens is 266 g/mol. The third kappa shape index (κ3) is 3.31. The van der Waals surface area contributed by atoms with E-state index in [0.29, 0.717) is 11.4 Å². The second-order valence-electron chi connectivity index (χ2n) is 5.18. The molecule has 1 aromatic carbocycles. The minimum absolute atomic E-state index is 0.206. The Hall–Kier alpha value is -2.56. The van der Waals surface area contributed by atoms with Crippen LogP contribution in [0.3, 0.4) is 0 Å². The maximum atomic E-state index is 11.4. The Labute approximate surface area is 124 Å². The van der Waals surface area contributed by atoms with Crippen molar-refractivity contribution in [2.45, 2.75) is 13.8 Å². The van der Waals surface area contributed by atoms with Gasteiger partial charge in [0.1, 0.15) is 11.4 Å². The van der Waals surface area contributed by atoms with Gasteiger partial charge in [-0.3, -0.25) is 0 Å². The molecule has 21 heavy (non-hydrogen) atoms. The fourth-order valence-electron chi connectivity index (χ4n) is 2.18. The highest BCUT2D eigenvalue weighted by molar-refractivity contribution is 5.95. The number of carbonyl (C=O) groups is 1. The van der Waals surface area contributed by atoms with Crippen LogP contribution in [0.25, 0.3) is 0 Å². The second kappa shape index (κ2) is 5.83. The van der Waals surface area contributed by atoms with Crippen molar-refractivity contribution < 1.29 is 9.90 Å². The molecule has 2 aromatic rings. The number of benzene rings is 1. The summed E-state index contributed by atoms with van der Waals surface area (Å²) < 4.78 is 0. The predicted molar refractivity (Wildman–Crippen MR) is 84.7 cm³/mol. The Balaban J connectivity index is 2.37. The van der Waals surface area contributed by atoms with Gasteiger partial charge in [0.15, 0.2) is 0 Å². The molecule has 0 unspecified atom stereocenters. The molecule has 0 fully saturated rings. The van der Waals surface area contributed by atoms with Crippen LogP contribution in [-0.2, 0) is 0 Å². The summed E-state index contributed by atoms with van der Waals surface area (Å²) >= 11 is 0. The largest absolute Gasteiger partial charge is 0.478 e. The van der Waals surface area contributed by atoms with Gasteiger partial charge in [0, 0.05) is 31.2 Å². The third-order valence-electron chi connectivity index (χ3n) is 3.20. The minimum Gasteiger partial charge on any atom is -0.478 e. The zero-order valence-corrected chi connectivity index (χ0v) is 12.6. The van der Waals surface area contributed by atoms with Crippen molar-refractivity contribution >= 4 is 23.2 Å². The van der Waals surface area contributed by atoms with Gasteiger partial charge in [0.25, 0.3) is 0 Å². The van der Waals surface area contributed by atoms with E-state index in [0.717, 1.165) is 17.1 Å². The summed E-state index contributed by atoms with van der Waals surface area (Å²) in [5.41, 5.74) is 3.57. The number of aryl methyl sites for hydroxylation is 2. The predicted octanol–water partition coefficient (Wildman–Crippen LogP) is 3.21. The summed E-state index contributed by atoms with van der Waals surface area (Å²) in [6.07, 6.45) is 0. The number of nitrogens with zero attached hydrogens (tertiary/aromatic N) is 2. The van der Waals surface area contributed by atoms with Crippen LogP contribution < -0.4 is 10.2 Å². The lowest BCUT2D eigenvalue weighted by Gasteiger charge is -2.15. The highest BCUT2D eigenvalue weighted by atomic mass is 16.4. The molecule has 0 aliphatic rings. The van der Waals surface area contributed by atoms with Crippen LogP contribution in [0.4, 0.5) is 17.2 Å². The van der Waals surface area contributed by atoms with Gasteiger partial charge in [-0.1, -0.05) is 0 Å². The first-order chi connectivity index (χ1) is 9.88. The van der Waals surface area contributed by atoms with E-state index in [1.807, 2.05) is 50.2 Å². The maximum Gasteiger partial charge on any atom is 0.339 e. The summed E-state index contributed by atoms with van der Waals surface area (Å²) in [6.45, 7) is 3.62. The molecule has 110 valence electrons. The van der Waals surface area contributed by atoms with Gasteiger partial charge in [-0.25, -0.2) is 9.78 Å². The van der Waals surface area contributed by atoms with Gasteiger partial charge < -0.3 is 15.3 Å². The first-order valence-corrected chi connectivity index (χ1v) is 6.64. The van der Waals surface area contributed by atoms with E-state index < -0.39 is 5.97 Å². The molecule has 0 aliphatic heterocycles. The zero-order valence-electron chi connectivity index (χ0n) is 12.6. The Morgan fingerprint density at radius 1 is 1.19 bits per heavy atom. The number of carboxylic acids is 1. The van der Waals surface area contributed by atoms with E-state index in [9.17, 15) is 9.90 Å². The van der Waals surface area contributed by atoms with Crippen LogP contribution >= 0.6 is 0 Å². The first-order valence-electron chi connectivity index (χ1n) is 6.64. The zero-order chi connectivity index (χ0) is 15.6. The Morgan fingerprint density at radius 3 is 2.33 bits per heavy atom. The average molecular weight is 285 g/mol. The molecule has 5 nitrogen and oxygen atoms in total. The van der Waals surface area contributed by atoms with E-state index >= 15 is 0 Å². The topological polar surface area (TPSA) is 65.5 Å². The van der Waals surface area contributed by atoms with Crippen LogP contribution in [0.1, 0.15) is 21.6 Å². The smallest absolute Gasteiger partial charge is 0.339 e. The number of hydrogen-bond donors (Lipinski definition) is 2. The van der Waals surface area contributed by atoms with Crippen molar-refractivity contribution in [2.75, 3.05) is 24.3 Å². The summed E-state index contributed by atoms with van der Waals surface area (Å²) in [6, 6.07) is 9.50. The Morgan fingerprint density at radius 2 is 1.81 bits per heavy atom. The van der Waals surface area contributed by atoms with Crippen molar-refractivity contribution in [2.24, 2.45) is 0 Å². The van der Waals surface area contributed by atoms with Crippen LogP contribution in [-0.4, -0.2) is 30.2 Å². The van der Waals surface area contributed by atoms with E-state index in [4.69, 9.17) is 0 Å². The van der Waals surface area contributed by atoms with Gasteiger partial charge in [-0.15, -0.1) is 0 Å². The van der Waals surface area contributed by atoms with Crippen LogP contribution in [0.15, 0.2) is 30.3 Å². The van der Waals surface area contributed by atoms with Gasteiger partial charge in [0.05, 0.1) is 0 Å². The number of pyridine rings is 1. The molecule has 2 rings (SSSR count). The lowest BCUT2D eigenvalue weighted by molar-refractivity contribution is 0.0697. The summed E-state index contributed by atoms with van der Waals surface area (Å²) in [7, 11) is 3.94. The van der Waals surface area contributed by atoms with Gasteiger partial charge in [-0.2, -0.15) is 0 Å². The van der Waals surface area contributed by atoms with Crippen molar-refractivity contribution in [1.29, 1.82) is 0 Å². The first kappa shape index (κ1) is 14.8. The van der Waals surface area contributed by atoms with E-state index in [1.54, 1.807) is 13.0 Å². The van der Waals surface area contributed by atoms with E-state index in [1.165, 1.54) is 0 Å².